The van der Waals surface area contributed by atoms with Crippen molar-refractivity contribution in [1.82, 2.24) is 9.80 Å². The highest BCUT2D eigenvalue weighted by Crippen LogP contribution is 2.33. The molecule has 2 amide bonds. The quantitative estimate of drug-likeness (QED) is 0.788. The van der Waals surface area contributed by atoms with Crippen LogP contribution >= 0.6 is 0 Å². The predicted molar refractivity (Wildman–Crippen MR) is 104 cm³/mol. The van der Waals surface area contributed by atoms with Crippen LogP contribution in [0.25, 0.3) is 0 Å². The molecule has 0 bridgehead atoms. The number of carbonyl (C=O) groups excluding carboxylic acids is 2. The first kappa shape index (κ1) is 20.3. The molecule has 7 heteroatoms. The molecule has 28 heavy (non-hydrogen) atoms. The summed E-state index contributed by atoms with van der Waals surface area (Å²) in [5, 5.41) is 0. The van der Waals surface area contributed by atoms with E-state index >= 15 is 0 Å². The standard InChI is InChI=1S/C21H30N2O5/c1-6-22(12-15-7-8-17-18(11-15)27-13-26-17)19(24)16-9-10-23(14(16)2)20(25)28-21(3,4)5/h7-8,11,14,16H,6,9-10,12-13H2,1-5H3. The number of hydrogen-bond acceptors (Lipinski definition) is 5. The van der Waals surface area contributed by atoms with Crippen LogP contribution in [-0.4, -0.2) is 53.3 Å². The van der Waals surface area contributed by atoms with Crippen molar-refractivity contribution in [3.63, 3.8) is 0 Å². The Kier molecular flexibility index (Phi) is 5.72. The minimum atomic E-state index is -0.548. The smallest absolute Gasteiger partial charge is 0.410 e. The monoisotopic (exact) mass is 390 g/mol. The first-order valence-electron chi connectivity index (χ1n) is 9.86. The van der Waals surface area contributed by atoms with Crippen LogP contribution in [0.1, 0.15) is 46.6 Å². The number of fused-ring (bicyclic) bond motifs is 1. The molecule has 2 atom stereocenters. The lowest BCUT2D eigenvalue weighted by molar-refractivity contribution is -0.136. The Bertz CT molecular complexity index is 743. The number of ether oxygens (including phenoxy) is 3. The van der Waals surface area contributed by atoms with Crippen molar-refractivity contribution in [2.45, 2.75) is 59.2 Å². The van der Waals surface area contributed by atoms with E-state index in [1.807, 2.05) is 57.7 Å². The molecule has 3 rings (SSSR count). The summed E-state index contributed by atoms with van der Waals surface area (Å²) in [5.41, 5.74) is 0.447. The Hall–Kier alpha value is -2.44. The Morgan fingerprint density at radius 1 is 1.25 bits per heavy atom. The molecular formula is C21H30N2O5. The van der Waals surface area contributed by atoms with Gasteiger partial charge in [0.25, 0.3) is 0 Å². The average molecular weight is 390 g/mol. The summed E-state index contributed by atoms with van der Waals surface area (Å²) in [6.45, 7) is 11.3. The van der Waals surface area contributed by atoms with Crippen LogP contribution in [0, 0.1) is 5.92 Å². The maximum Gasteiger partial charge on any atom is 0.410 e. The van der Waals surface area contributed by atoms with Gasteiger partial charge in [0.2, 0.25) is 12.7 Å². The van der Waals surface area contributed by atoms with E-state index in [9.17, 15) is 9.59 Å². The van der Waals surface area contributed by atoms with E-state index in [-0.39, 0.29) is 30.8 Å². The normalized spacial score (nSPS) is 21.0. The number of benzene rings is 1. The van der Waals surface area contributed by atoms with Gasteiger partial charge in [0.15, 0.2) is 11.5 Å². The minimum Gasteiger partial charge on any atom is -0.454 e. The van der Waals surface area contributed by atoms with E-state index in [1.54, 1.807) is 4.90 Å². The molecule has 1 aromatic carbocycles. The molecule has 2 unspecified atom stereocenters. The Balaban J connectivity index is 1.65. The van der Waals surface area contributed by atoms with Gasteiger partial charge in [0.1, 0.15) is 5.60 Å². The van der Waals surface area contributed by atoms with Gasteiger partial charge in [0, 0.05) is 25.7 Å². The lowest BCUT2D eigenvalue weighted by Crippen LogP contribution is -2.44. The number of rotatable bonds is 4. The van der Waals surface area contributed by atoms with Crippen molar-refractivity contribution in [2.24, 2.45) is 5.92 Å². The molecule has 0 aliphatic carbocycles. The summed E-state index contributed by atoms with van der Waals surface area (Å²) in [6, 6.07) is 5.56. The van der Waals surface area contributed by atoms with Crippen molar-refractivity contribution in [1.29, 1.82) is 0 Å². The second kappa shape index (κ2) is 7.89. The predicted octanol–water partition coefficient (Wildman–Crippen LogP) is 3.41. The largest absolute Gasteiger partial charge is 0.454 e. The van der Waals surface area contributed by atoms with E-state index in [0.29, 0.717) is 31.8 Å². The Morgan fingerprint density at radius 3 is 2.64 bits per heavy atom. The van der Waals surface area contributed by atoms with Gasteiger partial charge in [-0.15, -0.1) is 0 Å². The molecule has 154 valence electrons. The lowest BCUT2D eigenvalue weighted by atomic mass is 9.99. The van der Waals surface area contributed by atoms with E-state index < -0.39 is 5.60 Å². The van der Waals surface area contributed by atoms with Gasteiger partial charge in [-0.1, -0.05) is 6.07 Å². The van der Waals surface area contributed by atoms with Crippen molar-refractivity contribution in [2.75, 3.05) is 19.9 Å². The Morgan fingerprint density at radius 2 is 1.96 bits per heavy atom. The lowest BCUT2D eigenvalue weighted by Gasteiger charge is -2.30. The minimum absolute atomic E-state index is 0.0683. The van der Waals surface area contributed by atoms with Crippen molar-refractivity contribution >= 4 is 12.0 Å². The van der Waals surface area contributed by atoms with Crippen LogP contribution in [0.4, 0.5) is 4.79 Å². The van der Waals surface area contributed by atoms with Crippen molar-refractivity contribution in [3.05, 3.63) is 23.8 Å². The molecule has 7 nitrogen and oxygen atoms in total. The molecule has 1 fully saturated rings. The number of nitrogens with zero attached hydrogens (tertiary/aromatic N) is 2. The maximum atomic E-state index is 13.2. The van der Waals surface area contributed by atoms with Crippen LogP contribution in [0.5, 0.6) is 11.5 Å². The molecule has 0 spiro atoms. The Labute approximate surface area is 166 Å². The number of likely N-dealkylation sites (tertiary alicyclic amines) is 1. The zero-order valence-electron chi connectivity index (χ0n) is 17.4. The van der Waals surface area contributed by atoms with E-state index in [4.69, 9.17) is 14.2 Å². The molecule has 0 aromatic heterocycles. The zero-order valence-corrected chi connectivity index (χ0v) is 17.4. The summed E-state index contributed by atoms with van der Waals surface area (Å²) in [7, 11) is 0. The average Bonchev–Trinajstić information content (AvgIpc) is 3.23. The third-order valence-corrected chi connectivity index (χ3v) is 5.20. The van der Waals surface area contributed by atoms with Crippen LogP contribution in [0.2, 0.25) is 0 Å². The van der Waals surface area contributed by atoms with Gasteiger partial charge >= 0.3 is 6.09 Å². The molecule has 2 aliphatic rings. The molecular weight excluding hydrogens is 360 g/mol. The highest BCUT2D eigenvalue weighted by molar-refractivity contribution is 5.81. The number of amides is 2. The third-order valence-electron chi connectivity index (χ3n) is 5.20. The summed E-state index contributed by atoms with van der Waals surface area (Å²) < 4.78 is 16.3. The zero-order chi connectivity index (χ0) is 20.5. The highest BCUT2D eigenvalue weighted by Gasteiger charge is 2.41. The molecule has 2 heterocycles. The van der Waals surface area contributed by atoms with Crippen molar-refractivity contribution < 1.29 is 23.8 Å². The third kappa shape index (κ3) is 4.34. The molecule has 0 N–H and O–H groups in total. The van der Waals surface area contributed by atoms with Gasteiger partial charge in [-0.05, 0) is 58.7 Å². The fraction of sp³-hybridized carbons (Fsp3) is 0.619. The van der Waals surface area contributed by atoms with Gasteiger partial charge in [0.05, 0.1) is 5.92 Å². The first-order valence-corrected chi connectivity index (χ1v) is 9.86. The van der Waals surface area contributed by atoms with Gasteiger partial charge in [-0.3, -0.25) is 4.79 Å². The summed E-state index contributed by atoms with van der Waals surface area (Å²) in [5.74, 6) is 1.29. The van der Waals surface area contributed by atoms with Crippen LogP contribution in [0.15, 0.2) is 18.2 Å². The van der Waals surface area contributed by atoms with Crippen molar-refractivity contribution in [3.8, 4) is 11.5 Å². The van der Waals surface area contributed by atoms with Gasteiger partial charge < -0.3 is 24.0 Å². The summed E-state index contributed by atoms with van der Waals surface area (Å²) >= 11 is 0. The highest BCUT2D eigenvalue weighted by atomic mass is 16.7. The molecule has 1 saturated heterocycles. The fourth-order valence-corrected chi connectivity index (χ4v) is 3.69. The number of carbonyl (C=O) groups is 2. The molecule has 0 radical (unpaired) electrons. The van der Waals surface area contributed by atoms with Gasteiger partial charge in [-0.25, -0.2) is 4.79 Å². The van der Waals surface area contributed by atoms with E-state index in [2.05, 4.69) is 0 Å². The number of hydrogen-bond donors (Lipinski definition) is 0. The second-order valence-corrected chi connectivity index (χ2v) is 8.35. The molecule has 2 aliphatic heterocycles. The van der Waals surface area contributed by atoms with Gasteiger partial charge in [-0.2, -0.15) is 0 Å². The van der Waals surface area contributed by atoms with E-state index in [1.165, 1.54) is 0 Å². The van der Waals surface area contributed by atoms with Crippen LogP contribution in [-0.2, 0) is 16.1 Å². The fourth-order valence-electron chi connectivity index (χ4n) is 3.69. The topological polar surface area (TPSA) is 68.3 Å². The molecule has 1 aromatic rings. The molecule has 0 saturated carbocycles. The van der Waals surface area contributed by atoms with Crippen LogP contribution in [0.3, 0.4) is 0 Å². The second-order valence-electron chi connectivity index (χ2n) is 8.35. The summed E-state index contributed by atoms with van der Waals surface area (Å²) in [6.07, 6.45) is 0.297. The summed E-state index contributed by atoms with van der Waals surface area (Å²) in [4.78, 5) is 29.1. The first-order chi connectivity index (χ1) is 13.2. The SMILES string of the molecule is CCN(Cc1ccc2c(c1)OCO2)C(=O)C1CCN(C(=O)OC(C)(C)C)C1C. The maximum absolute atomic E-state index is 13.2. The van der Waals surface area contributed by atoms with E-state index in [0.717, 1.165) is 11.3 Å². The van der Waals surface area contributed by atoms with Crippen LogP contribution < -0.4 is 9.47 Å².